The summed E-state index contributed by atoms with van der Waals surface area (Å²) in [5, 5.41) is 1.44. The molecule has 0 aliphatic rings. The van der Waals surface area contributed by atoms with Gasteiger partial charge in [-0.15, -0.1) is 0 Å². The first kappa shape index (κ1) is 11.3. The Hall–Kier alpha value is -0.781. The Morgan fingerprint density at radius 1 is 0.941 bits per heavy atom. The van der Waals surface area contributed by atoms with Crippen molar-refractivity contribution < 1.29 is 0 Å². The van der Waals surface area contributed by atoms with Crippen LogP contribution < -0.4 is 7.80 Å². The van der Waals surface area contributed by atoms with Gasteiger partial charge in [0, 0.05) is 0 Å². The Morgan fingerprint density at radius 2 is 1.71 bits per heavy atom. The Kier molecular flexibility index (Phi) is 3.22. The van der Waals surface area contributed by atoms with Crippen LogP contribution in [0.4, 0.5) is 0 Å². The van der Waals surface area contributed by atoms with Crippen LogP contribution in [0.15, 0.2) is 54.6 Å². The summed E-state index contributed by atoms with van der Waals surface area (Å²) in [6.07, 6.45) is 0. The van der Waals surface area contributed by atoms with Crippen molar-refractivity contribution in [2.45, 2.75) is 6.92 Å². The van der Waals surface area contributed by atoms with Gasteiger partial charge >= 0.3 is 114 Å². The van der Waals surface area contributed by atoms with Crippen LogP contribution in [-0.2, 0) is 0 Å². The average Bonchev–Trinajstić information content (AvgIpc) is 2.74. The van der Waals surface area contributed by atoms with E-state index in [9.17, 15) is 0 Å². The summed E-state index contributed by atoms with van der Waals surface area (Å²) in [5.74, 6) is 0. The van der Waals surface area contributed by atoms with Gasteiger partial charge in [-0.05, 0) is 0 Å². The molecule has 0 radical (unpaired) electrons. The van der Waals surface area contributed by atoms with Crippen molar-refractivity contribution >= 4 is 46.9 Å². The topological polar surface area (TPSA) is 0 Å². The molecule has 0 fully saturated rings. The number of benzene rings is 2. The quantitative estimate of drug-likeness (QED) is 0.619. The summed E-state index contributed by atoms with van der Waals surface area (Å²) < 4.78 is 4.68. The molecule has 1 heterocycles. The molecule has 3 rings (SSSR count). The molecule has 0 spiro atoms. The molecule has 1 aromatic heterocycles. The normalized spacial score (nSPS) is 10.9. The minimum absolute atomic E-state index is 0.507. The molecular formula is C15H12Se2. The summed E-state index contributed by atoms with van der Waals surface area (Å²) in [6.45, 7) is 2.14. The molecule has 2 aromatic carbocycles. The Labute approximate surface area is 114 Å². The van der Waals surface area contributed by atoms with Crippen molar-refractivity contribution in [3.05, 3.63) is 60.2 Å². The SMILES string of the molecule is Cc1ccc([Se]c2cc3ccccc3[se]2)cc1. The third kappa shape index (κ3) is 2.56. The Bertz CT molecular complexity index is 602. The molecule has 0 aliphatic carbocycles. The monoisotopic (exact) mass is 352 g/mol. The van der Waals surface area contributed by atoms with E-state index in [1.165, 1.54) is 15.4 Å². The van der Waals surface area contributed by atoms with Gasteiger partial charge in [0.2, 0.25) is 0 Å². The van der Waals surface area contributed by atoms with Crippen molar-refractivity contribution in [3.8, 4) is 0 Å². The third-order valence-corrected chi connectivity index (χ3v) is 8.11. The van der Waals surface area contributed by atoms with Gasteiger partial charge in [0.15, 0.2) is 0 Å². The summed E-state index contributed by atoms with van der Waals surface area (Å²) in [5.41, 5.74) is 1.35. The fourth-order valence-electron chi connectivity index (χ4n) is 1.73. The summed E-state index contributed by atoms with van der Waals surface area (Å²) in [6, 6.07) is 20.2. The van der Waals surface area contributed by atoms with Gasteiger partial charge in [0.25, 0.3) is 0 Å². The van der Waals surface area contributed by atoms with Crippen LogP contribution in [0.2, 0.25) is 0 Å². The molecule has 2 heteroatoms. The second-order valence-electron chi connectivity index (χ2n) is 4.02. The summed E-state index contributed by atoms with van der Waals surface area (Å²) >= 11 is 1.06. The third-order valence-electron chi connectivity index (χ3n) is 2.64. The van der Waals surface area contributed by atoms with Crippen molar-refractivity contribution in [3.63, 3.8) is 0 Å². The molecule has 84 valence electrons. The minimum atomic E-state index is 0.507. The van der Waals surface area contributed by atoms with Crippen LogP contribution in [0.1, 0.15) is 5.56 Å². The second-order valence-corrected chi connectivity index (χ2v) is 9.94. The Balaban J connectivity index is 1.92. The van der Waals surface area contributed by atoms with Gasteiger partial charge in [0.1, 0.15) is 0 Å². The molecule has 0 saturated heterocycles. The van der Waals surface area contributed by atoms with E-state index < -0.39 is 0 Å². The molecule has 0 N–H and O–H groups in total. The molecule has 0 bridgehead atoms. The summed E-state index contributed by atoms with van der Waals surface area (Å²) in [7, 11) is 0. The van der Waals surface area contributed by atoms with E-state index in [2.05, 4.69) is 61.5 Å². The van der Waals surface area contributed by atoms with Gasteiger partial charge in [-0.1, -0.05) is 0 Å². The zero-order valence-electron chi connectivity index (χ0n) is 9.51. The van der Waals surface area contributed by atoms with Gasteiger partial charge in [-0.3, -0.25) is 0 Å². The molecule has 0 atom stereocenters. The van der Waals surface area contributed by atoms with Gasteiger partial charge < -0.3 is 0 Å². The van der Waals surface area contributed by atoms with Crippen LogP contribution in [0.25, 0.3) is 9.65 Å². The van der Waals surface area contributed by atoms with E-state index in [1.54, 1.807) is 7.60 Å². The second kappa shape index (κ2) is 4.84. The van der Waals surface area contributed by atoms with Gasteiger partial charge in [-0.2, -0.15) is 0 Å². The maximum atomic E-state index is 2.40. The molecule has 0 saturated carbocycles. The van der Waals surface area contributed by atoms with Gasteiger partial charge in [-0.25, -0.2) is 0 Å². The van der Waals surface area contributed by atoms with E-state index in [4.69, 9.17) is 0 Å². The fourth-order valence-corrected chi connectivity index (χ4v) is 7.41. The number of fused-ring (bicyclic) bond motifs is 1. The molecule has 0 amide bonds. The number of aryl methyl sites for hydroxylation is 1. The van der Waals surface area contributed by atoms with Crippen molar-refractivity contribution in [1.29, 1.82) is 0 Å². The number of rotatable bonds is 2. The maximum absolute atomic E-state index is 2.40. The standard InChI is InChI=1S/C15H12Se2/c1-11-6-8-13(9-7-11)16-15-10-12-4-2-3-5-14(12)17-15/h2-10H,1H3. The fraction of sp³-hybridized carbons (Fsp3) is 0.0667. The first-order valence-corrected chi connectivity index (χ1v) is 8.97. The van der Waals surface area contributed by atoms with E-state index in [-0.39, 0.29) is 0 Å². The molecule has 17 heavy (non-hydrogen) atoms. The zero-order chi connectivity index (χ0) is 11.7. The summed E-state index contributed by atoms with van der Waals surface area (Å²) in [4.78, 5) is 0. The zero-order valence-corrected chi connectivity index (χ0v) is 12.9. The number of hydrogen-bond donors (Lipinski definition) is 0. The van der Waals surface area contributed by atoms with Gasteiger partial charge in [0.05, 0.1) is 0 Å². The predicted octanol–water partition coefficient (Wildman–Crippen LogP) is 1.86. The van der Waals surface area contributed by atoms with Crippen LogP contribution in [0.3, 0.4) is 0 Å². The molecule has 0 unspecified atom stereocenters. The number of hydrogen-bond acceptors (Lipinski definition) is 0. The molecule has 0 nitrogen and oxygen atoms in total. The first-order valence-electron chi connectivity index (χ1n) is 5.54. The average molecular weight is 350 g/mol. The molecular weight excluding hydrogens is 338 g/mol. The van der Waals surface area contributed by atoms with Crippen LogP contribution in [-0.4, -0.2) is 29.5 Å². The van der Waals surface area contributed by atoms with Crippen molar-refractivity contribution in [2.75, 3.05) is 0 Å². The molecule has 0 aliphatic heterocycles. The van der Waals surface area contributed by atoms with Crippen molar-refractivity contribution in [2.24, 2.45) is 0 Å². The van der Waals surface area contributed by atoms with Crippen molar-refractivity contribution in [1.82, 2.24) is 0 Å². The molecule has 3 aromatic rings. The first-order chi connectivity index (χ1) is 8.31. The van der Waals surface area contributed by atoms with Crippen LogP contribution >= 0.6 is 0 Å². The van der Waals surface area contributed by atoms with E-state index in [0.717, 1.165) is 0 Å². The Morgan fingerprint density at radius 3 is 2.47 bits per heavy atom. The van der Waals surface area contributed by atoms with E-state index in [1.807, 2.05) is 0 Å². The van der Waals surface area contributed by atoms with E-state index >= 15 is 0 Å². The van der Waals surface area contributed by atoms with Crippen LogP contribution in [0, 0.1) is 6.92 Å². The van der Waals surface area contributed by atoms with E-state index in [0.29, 0.717) is 29.5 Å². The predicted molar refractivity (Wildman–Crippen MR) is 77.1 cm³/mol. The van der Waals surface area contributed by atoms with Crippen LogP contribution in [0.5, 0.6) is 0 Å².